The highest BCUT2D eigenvalue weighted by Gasteiger charge is 2.08. The Bertz CT molecular complexity index is 594. The highest BCUT2D eigenvalue weighted by Crippen LogP contribution is 2.20. The molecular formula is C12H11N4. The number of benzene rings is 1. The molecule has 3 rings (SSSR count). The van der Waals surface area contributed by atoms with Crippen LogP contribution in [-0.2, 0) is 0 Å². The van der Waals surface area contributed by atoms with Crippen LogP contribution in [0, 0.1) is 6.33 Å². The summed E-state index contributed by atoms with van der Waals surface area (Å²) >= 11 is 0. The van der Waals surface area contributed by atoms with E-state index < -0.39 is 0 Å². The number of hydrogen-bond acceptors (Lipinski definition) is 2. The van der Waals surface area contributed by atoms with Crippen LogP contribution in [0.1, 0.15) is 18.5 Å². The molecule has 1 aromatic carbocycles. The Kier molecular flexibility index (Phi) is 1.99. The molecule has 0 saturated carbocycles. The number of aromatic nitrogens is 4. The average Bonchev–Trinajstić information content (AvgIpc) is 2.98. The van der Waals surface area contributed by atoms with Gasteiger partial charge in [0.1, 0.15) is 0 Å². The molecule has 1 atom stereocenters. The van der Waals surface area contributed by atoms with Gasteiger partial charge >= 0.3 is 0 Å². The lowest BCUT2D eigenvalue weighted by Crippen LogP contribution is -2.03. The molecule has 1 radical (unpaired) electrons. The van der Waals surface area contributed by atoms with Crippen LogP contribution in [-0.4, -0.2) is 19.5 Å². The monoisotopic (exact) mass is 211 g/mol. The highest BCUT2D eigenvalue weighted by atomic mass is 15.0. The first-order valence-electron chi connectivity index (χ1n) is 5.18. The minimum atomic E-state index is 0.267. The zero-order chi connectivity index (χ0) is 11.0. The van der Waals surface area contributed by atoms with Gasteiger partial charge in [-0.3, -0.25) is 0 Å². The van der Waals surface area contributed by atoms with Gasteiger partial charge in [0.05, 0.1) is 23.4 Å². The second-order valence-corrected chi connectivity index (χ2v) is 3.81. The van der Waals surface area contributed by atoms with Gasteiger partial charge in [0.2, 0.25) is 0 Å². The summed E-state index contributed by atoms with van der Waals surface area (Å²) in [5.41, 5.74) is 3.18. The number of rotatable bonds is 2. The molecule has 3 aromatic rings. The minimum Gasteiger partial charge on any atom is -0.335 e. The molecule has 79 valence electrons. The molecule has 2 aromatic heterocycles. The number of fused-ring (bicyclic) bond motifs is 1. The van der Waals surface area contributed by atoms with Crippen molar-refractivity contribution in [2.45, 2.75) is 13.0 Å². The van der Waals surface area contributed by atoms with Crippen molar-refractivity contribution in [1.82, 2.24) is 19.5 Å². The van der Waals surface area contributed by atoms with Crippen molar-refractivity contribution in [3.8, 4) is 0 Å². The molecule has 0 spiro atoms. The van der Waals surface area contributed by atoms with Crippen molar-refractivity contribution in [2.24, 2.45) is 0 Å². The SMILES string of the molecule is CC(c1ccc2[nH][c]nc2c1)n1ccnc1. The van der Waals surface area contributed by atoms with Crippen LogP contribution in [0.15, 0.2) is 36.9 Å². The van der Waals surface area contributed by atoms with Crippen LogP contribution in [0.5, 0.6) is 0 Å². The fourth-order valence-electron chi connectivity index (χ4n) is 1.83. The Hall–Kier alpha value is -2.10. The number of hydrogen-bond donors (Lipinski definition) is 1. The summed E-state index contributed by atoms with van der Waals surface area (Å²) in [4.78, 5) is 11.2. The Morgan fingerprint density at radius 1 is 1.44 bits per heavy atom. The lowest BCUT2D eigenvalue weighted by Gasteiger charge is -2.13. The fourth-order valence-corrected chi connectivity index (χ4v) is 1.83. The van der Waals surface area contributed by atoms with Gasteiger partial charge in [-0.2, -0.15) is 0 Å². The Labute approximate surface area is 93.0 Å². The predicted octanol–water partition coefficient (Wildman–Crippen LogP) is 2.17. The van der Waals surface area contributed by atoms with E-state index in [1.807, 2.05) is 18.6 Å². The predicted molar refractivity (Wildman–Crippen MR) is 61.0 cm³/mol. The molecule has 0 fully saturated rings. The topological polar surface area (TPSA) is 46.5 Å². The zero-order valence-corrected chi connectivity index (χ0v) is 8.88. The summed E-state index contributed by atoms with van der Waals surface area (Å²) in [7, 11) is 0. The van der Waals surface area contributed by atoms with Gasteiger partial charge in [-0.05, 0) is 24.6 Å². The quantitative estimate of drug-likeness (QED) is 0.706. The largest absolute Gasteiger partial charge is 0.335 e. The molecule has 4 heteroatoms. The smallest absolute Gasteiger partial charge is 0.174 e. The Balaban J connectivity index is 2.05. The maximum Gasteiger partial charge on any atom is 0.174 e. The third kappa shape index (κ3) is 1.39. The maximum absolute atomic E-state index is 4.14. The van der Waals surface area contributed by atoms with Gasteiger partial charge < -0.3 is 9.55 Å². The summed E-state index contributed by atoms with van der Waals surface area (Å²) in [5.74, 6) is 0. The van der Waals surface area contributed by atoms with E-state index in [9.17, 15) is 0 Å². The molecule has 0 saturated heterocycles. The molecule has 0 aliphatic rings. The minimum absolute atomic E-state index is 0.267. The summed E-state index contributed by atoms with van der Waals surface area (Å²) in [6, 6.07) is 6.47. The molecule has 2 heterocycles. The highest BCUT2D eigenvalue weighted by molar-refractivity contribution is 5.75. The molecule has 0 aliphatic heterocycles. The first-order valence-corrected chi connectivity index (χ1v) is 5.18. The van der Waals surface area contributed by atoms with Crippen LogP contribution >= 0.6 is 0 Å². The number of H-pyrrole nitrogens is 1. The Morgan fingerprint density at radius 3 is 3.19 bits per heavy atom. The van der Waals surface area contributed by atoms with E-state index in [1.54, 1.807) is 6.20 Å². The summed E-state index contributed by atoms with van der Waals surface area (Å²) < 4.78 is 2.07. The Morgan fingerprint density at radius 2 is 2.38 bits per heavy atom. The second-order valence-electron chi connectivity index (χ2n) is 3.81. The third-order valence-electron chi connectivity index (χ3n) is 2.84. The van der Waals surface area contributed by atoms with Crippen LogP contribution in [0.3, 0.4) is 0 Å². The fraction of sp³-hybridized carbons (Fsp3) is 0.167. The number of nitrogens with zero attached hydrogens (tertiary/aromatic N) is 3. The first-order chi connectivity index (χ1) is 7.84. The number of imidazole rings is 2. The lowest BCUT2D eigenvalue weighted by molar-refractivity contribution is 0.639. The average molecular weight is 211 g/mol. The molecule has 1 unspecified atom stereocenters. The molecule has 1 N–H and O–H groups in total. The van der Waals surface area contributed by atoms with Gasteiger partial charge in [0, 0.05) is 12.4 Å². The normalized spacial score (nSPS) is 13.1. The molecule has 0 bridgehead atoms. The summed E-state index contributed by atoms with van der Waals surface area (Å²) in [6.07, 6.45) is 8.32. The molecular weight excluding hydrogens is 200 g/mol. The van der Waals surface area contributed by atoms with Crippen molar-refractivity contribution >= 4 is 11.0 Å². The van der Waals surface area contributed by atoms with E-state index in [4.69, 9.17) is 0 Å². The van der Waals surface area contributed by atoms with Crippen molar-refractivity contribution in [3.05, 3.63) is 48.8 Å². The van der Waals surface area contributed by atoms with Crippen LogP contribution in [0.25, 0.3) is 11.0 Å². The second kappa shape index (κ2) is 3.48. The van der Waals surface area contributed by atoms with Crippen molar-refractivity contribution in [3.63, 3.8) is 0 Å². The zero-order valence-electron chi connectivity index (χ0n) is 8.88. The van der Waals surface area contributed by atoms with Gasteiger partial charge in [-0.1, -0.05) is 6.07 Å². The van der Waals surface area contributed by atoms with Gasteiger partial charge in [-0.15, -0.1) is 0 Å². The van der Waals surface area contributed by atoms with Gasteiger partial charge in [0.15, 0.2) is 6.33 Å². The number of aromatic amines is 1. The van der Waals surface area contributed by atoms with Crippen LogP contribution in [0.2, 0.25) is 0 Å². The maximum atomic E-state index is 4.14. The molecule has 0 amide bonds. The van der Waals surface area contributed by atoms with Crippen molar-refractivity contribution < 1.29 is 0 Å². The van der Waals surface area contributed by atoms with Crippen LogP contribution < -0.4 is 0 Å². The molecule has 16 heavy (non-hydrogen) atoms. The van der Waals surface area contributed by atoms with Crippen LogP contribution in [0.4, 0.5) is 0 Å². The van der Waals surface area contributed by atoms with E-state index in [1.165, 1.54) is 5.56 Å². The van der Waals surface area contributed by atoms with E-state index in [-0.39, 0.29) is 6.04 Å². The van der Waals surface area contributed by atoms with E-state index >= 15 is 0 Å². The van der Waals surface area contributed by atoms with Gasteiger partial charge in [0.25, 0.3) is 0 Å². The van der Waals surface area contributed by atoms with Gasteiger partial charge in [-0.25, -0.2) is 9.97 Å². The lowest BCUT2D eigenvalue weighted by atomic mass is 10.1. The summed E-state index contributed by atoms with van der Waals surface area (Å²) in [5, 5.41) is 0. The van der Waals surface area contributed by atoms with E-state index in [2.05, 4.69) is 44.9 Å². The third-order valence-corrected chi connectivity index (χ3v) is 2.84. The molecule has 0 aliphatic carbocycles. The van der Waals surface area contributed by atoms with E-state index in [0.29, 0.717) is 0 Å². The standard InChI is InChI=1S/C12H11N4/c1-9(16-5-4-13-8-16)10-2-3-11-12(6-10)15-7-14-11/h2-6,8-9H,1H3,(H,14,15). The van der Waals surface area contributed by atoms with Crippen molar-refractivity contribution in [2.75, 3.05) is 0 Å². The van der Waals surface area contributed by atoms with Crippen molar-refractivity contribution in [1.29, 1.82) is 0 Å². The summed E-state index contributed by atoms with van der Waals surface area (Å²) in [6.45, 7) is 2.14. The van der Waals surface area contributed by atoms with E-state index in [0.717, 1.165) is 11.0 Å². The molecule has 4 nitrogen and oxygen atoms in total. The number of nitrogens with one attached hydrogen (secondary N) is 1. The first kappa shape index (κ1) is 9.15.